The molecule has 1 aromatic carbocycles. The van der Waals surface area contributed by atoms with Crippen molar-refractivity contribution < 1.29 is 4.74 Å². The molecule has 1 aromatic rings. The average molecular weight is 264 g/mol. The van der Waals surface area contributed by atoms with Gasteiger partial charge in [0.2, 0.25) is 0 Å². The van der Waals surface area contributed by atoms with Crippen LogP contribution >= 0.6 is 27.5 Å². The van der Waals surface area contributed by atoms with Gasteiger partial charge in [-0.25, -0.2) is 0 Å². The van der Waals surface area contributed by atoms with Crippen molar-refractivity contribution in [1.82, 2.24) is 0 Å². The smallest absolute Gasteiger partial charge is 0.135 e. The first-order chi connectivity index (χ1) is 6.16. The van der Waals surface area contributed by atoms with Crippen molar-refractivity contribution in [2.75, 3.05) is 6.61 Å². The van der Waals surface area contributed by atoms with Crippen LogP contribution in [0.2, 0.25) is 5.02 Å². The molecule has 0 fully saturated rings. The topological polar surface area (TPSA) is 9.23 Å². The Morgan fingerprint density at radius 1 is 1.46 bits per heavy atom. The molecule has 0 radical (unpaired) electrons. The summed E-state index contributed by atoms with van der Waals surface area (Å²) >= 11 is 9.44. The molecule has 0 N–H and O–H groups in total. The summed E-state index contributed by atoms with van der Waals surface area (Å²) in [6.45, 7) is 4.76. The zero-order valence-electron chi connectivity index (χ0n) is 7.73. The van der Waals surface area contributed by atoms with E-state index in [1.165, 1.54) is 0 Å². The number of aryl methyl sites for hydroxylation is 1. The predicted octanol–water partition coefficient (Wildman–Crippen LogP) is 4.20. The standard InChI is InChI=1S/C10H12BrClO/c1-3-6-13-8-5-4-7(2)10(12)9(8)11/h4-5H,3,6H2,1-2H3. The summed E-state index contributed by atoms with van der Waals surface area (Å²) in [6, 6.07) is 3.89. The molecule has 1 rings (SSSR count). The van der Waals surface area contributed by atoms with Crippen molar-refractivity contribution in [3.8, 4) is 5.75 Å². The summed E-state index contributed by atoms with van der Waals surface area (Å²) < 4.78 is 6.34. The highest BCUT2D eigenvalue weighted by molar-refractivity contribution is 9.10. The summed E-state index contributed by atoms with van der Waals surface area (Å²) in [7, 11) is 0. The molecule has 0 spiro atoms. The highest BCUT2D eigenvalue weighted by Crippen LogP contribution is 2.34. The normalized spacial score (nSPS) is 10.2. The number of rotatable bonds is 3. The lowest BCUT2D eigenvalue weighted by molar-refractivity contribution is 0.315. The highest BCUT2D eigenvalue weighted by atomic mass is 79.9. The Morgan fingerprint density at radius 3 is 2.77 bits per heavy atom. The summed E-state index contributed by atoms with van der Waals surface area (Å²) in [6.07, 6.45) is 0.998. The van der Waals surface area contributed by atoms with Gasteiger partial charge in [-0.15, -0.1) is 0 Å². The van der Waals surface area contributed by atoms with Gasteiger partial charge in [-0.05, 0) is 40.9 Å². The molecule has 0 aromatic heterocycles. The molecule has 0 unspecified atom stereocenters. The van der Waals surface area contributed by atoms with Crippen LogP contribution in [0.1, 0.15) is 18.9 Å². The van der Waals surface area contributed by atoms with Crippen molar-refractivity contribution in [2.45, 2.75) is 20.3 Å². The minimum absolute atomic E-state index is 0.720. The fraction of sp³-hybridized carbons (Fsp3) is 0.400. The van der Waals surface area contributed by atoms with E-state index in [4.69, 9.17) is 16.3 Å². The van der Waals surface area contributed by atoms with E-state index < -0.39 is 0 Å². The molecule has 0 saturated heterocycles. The first-order valence-electron chi connectivity index (χ1n) is 4.24. The Morgan fingerprint density at radius 2 is 2.15 bits per heavy atom. The number of ether oxygens (including phenoxy) is 1. The molecule has 0 aliphatic carbocycles. The van der Waals surface area contributed by atoms with Crippen molar-refractivity contribution in [2.24, 2.45) is 0 Å². The molecule has 0 heterocycles. The summed E-state index contributed by atoms with van der Waals surface area (Å²) in [5, 5.41) is 0.730. The van der Waals surface area contributed by atoms with Gasteiger partial charge in [-0.3, -0.25) is 0 Å². The molecule has 0 saturated carbocycles. The number of hydrogen-bond acceptors (Lipinski definition) is 1. The van der Waals surface area contributed by atoms with Gasteiger partial charge in [0.15, 0.2) is 0 Å². The molecule has 0 aliphatic rings. The number of halogens is 2. The minimum atomic E-state index is 0.720. The van der Waals surface area contributed by atoms with Crippen molar-refractivity contribution in [3.05, 3.63) is 27.2 Å². The van der Waals surface area contributed by atoms with Gasteiger partial charge in [0.1, 0.15) is 5.75 Å². The molecular weight excluding hydrogens is 251 g/mol. The van der Waals surface area contributed by atoms with E-state index >= 15 is 0 Å². The second kappa shape index (κ2) is 4.87. The highest BCUT2D eigenvalue weighted by Gasteiger charge is 2.07. The van der Waals surface area contributed by atoms with E-state index in [2.05, 4.69) is 22.9 Å². The quantitative estimate of drug-likeness (QED) is 0.794. The lowest BCUT2D eigenvalue weighted by atomic mass is 10.2. The molecule has 1 nitrogen and oxygen atoms in total. The van der Waals surface area contributed by atoms with Crippen LogP contribution < -0.4 is 4.74 Å². The van der Waals surface area contributed by atoms with Crippen molar-refractivity contribution >= 4 is 27.5 Å². The second-order valence-corrected chi connectivity index (χ2v) is 4.03. The molecule has 3 heteroatoms. The maximum atomic E-state index is 6.03. The Hall–Kier alpha value is -0.210. The zero-order valence-corrected chi connectivity index (χ0v) is 10.1. The van der Waals surface area contributed by atoms with Crippen LogP contribution in [0, 0.1) is 6.92 Å². The van der Waals surface area contributed by atoms with E-state index in [9.17, 15) is 0 Å². The van der Waals surface area contributed by atoms with Gasteiger partial charge < -0.3 is 4.74 Å². The molecule has 13 heavy (non-hydrogen) atoms. The first-order valence-corrected chi connectivity index (χ1v) is 5.41. The Balaban J connectivity index is 2.90. The van der Waals surface area contributed by atoms with Gasteiger partial charge in [-0.1, -0.05) is 24.6 Å². The van der Waals surface area contributed by atoms with Crippen LogP contribution in [0.3, 0.4) is 0 Å². The zero-order chi connectivity index (χ0) is 9.84. The van der Waals surface area contributed by atoms with Crippen LogP contribution in [0.25, 0.3) is 0 Å². The lowest BCUT2D eigenvalue weighted by Gasteiger charge is -2.09. The van der Waals surface area contributed by atoms with E-state index in [0.29, 0.717) is 0 Å². The molecule has 0 amide bonds. The third kappa shape index (κ3) is 2.61. The van der Waals surface area contributed by atoms with E-state index in [-0.39, 0.29) is 0 Å². The maximum absolute atomic E-state index is 6.03. The predicted molar refractivity (Wildman–Crippen MR) is 59.7 cm³/mol. The second-order valence-electron chi connectivity index (χ2n) is 2.86. The van der Waals surface area contributed by atoms with Crippen LogP contribution in [-0.4, -0.2) is 6.61 Å². The Labute approximate surface area is 92.2 Å². The monoisotopic (exact) mass is 262 g/mol. The molecular formula is C10H12BrClO. The first kappa shape index (κ1) is 10.9. The van der Waals surface area contributed by atoms with Crippen molar-refractivity contribution in [1.29, 1.82) is 0 Å². The van der Waals surface area contributed by atoms with Crippen LogP contribution in [-0.2, 0) is 0 Å². The van der Waals surface area contributed by atoms with Gasteiger partial charge in [0.25, 0.3) is 0 Å². The van der Waals surface area contributed by atoms with Gasteiger partial charge in [0.05, 0.1) is 16.1 Å². The lowest BCUT2D eigenvalue weighted by Crippen LogP contribution is -1.96. The van der Waals surface area contributed by atoms with Crippen LogP contribution in [0.5, 0.6) is 5.75 Å². The van der Waals surface area contributed by atoms with Gasteiger partial charge in [-0.2, -0.15) is 0 Å². The molecule has 0 aliphatic heterocycles. The van der Waals surface area contributed by atoms with Crippen LogP contribution in [0.4, 0.5) is 0 Å². The maximum Gasteiger partial charge on any atom is 0.135 e. The average Bonchev–Trinajstić information content (AvgIpc) is 2.13. The molecule has 72 valence electrons. The molecule has 0 atom stereocenters. The summed E-state index contributed by atoms with van der Waals surface area (Å²) in [4.78, 5) is 0. The minimum Gasteiger partial charge on any atom is -0.492 e. The fourth-order valence-electron chi connectivity index (χ4n) is 0.952. The Kier molecular flexibility index (Phi) is 4.07. The SMILES string of the molecule is CCCOc1ccc(C)c(Cl)c1Br. The Bertz CT molecular complexity index is 299. The molecule has 0 bridgehead atoms. The third-order valence-corrected chi connectivity index (χ3v) is 3.20. The summed E-state index contributed by atoms with van der Waals surface area (Å²) in [5.74, 6) is 0.817. The summed E-state index contributed by atoms with van der Waals surface area (Å²) in [5.41, 5.74) is 1.05. The van der Waals surface area contributed by atoms with Gasteiger partial charge >= 0.3 is 0 Å². The van der Waals surface area contributed by atoms with E-state index in [0.717, 1.165) is 33.8 Å². The third-order valence-electron chi connectivity index (χ3n) is 1.70. The van der Waals surface area contributed by atoms with E-state index in [1.807, 2.05) is 19.1 Å². The number of benzene rings is 1. The fourth-order valence-corrected chi connectivity index (χ4v) is 1.67. The van der Waals surface area contributed by atoms with Gasteiger partial charge in [0, 0.05) is 0 Å². The van der Waals surface area contributed by atoms with Crippen molar-refractivity contribution in [3.63, 3.8) is 0 Å². The van der Waals surface area contributed by atoms with Crippen LogP contribution in [0.15, 0.2) is 16.6 Å². The number of hydrogen-bond donors (Lipinski definition) is 0. The largest absolute Gasteiger partial charge is 0.492 e. The van der Waals surface area contributed by atoms with E-state index in [1.54, 1.807) is 0 Å².